The first-order chi connectivity index (χ1) is 12.4. The third kappa shape index (κ3) is 3.27. The van der Waals surface area contributed by atoms with Crippen LogP contribution in [0.5, 0.6) is 5.75 Å². The van der Waals surface area contributed by atoms with E-state index in [1.165, 1.54) is 0 Å². The van der Waals surface area contributed by atoms with E-state index < -0.39 is 20.7 Å². The Balaban J connectivity index is 2.31. The summed E-state index contributed by atoms with van der Waals surface area (Å²) in [6.07, 6.45) is 0. The number of hydrogen-bond donors (Lipinski definition) is 2. The molecule has 0 aliphatic heterocycles. The first-order valence-corrected chi connectivity index (χ1v) is 9.94. The minimum Gasteiger partial charge on any atom is -0.508 e. The van der Waals surface area contributed by atoms with Crippen LogP contribution in [0, 0.1) is 5.82 Å². The van der Waals surface area contributed by atoms with Crippen LogP contribution in [0.2, 0.25) is 0 Å². The van der Waals surface area contributed by atoms with E-state index in [1.807, 2.05) is 6.07 Å². The molecule has 0 atom stereocenters. The SMILES string of the molecule is CNCc1cc(-c2ccccc2)n(S(=O)(=O)c2cc(O)ccc2F)c1Br. The van der Waals surface area contributed by atoms with Crippen molar-refractivity contribution in [2.75, 3.05) is 7.05 Å². The fraction of sp³-hybridized carbons (Fsp3) is 0.111. The van der Waals surface area contributed by atoms with E-state index in [9.17, 15) is 17.9 Å². The van der Waals surface area contributed by atoms with Crippen LogP contribution < -0.4 is 5.32 Å². The molecule has 2 N–H and O–H groups in total. The minimum atomic E-state index is -4.29. The first kappa shape index (κ1) is 18.6. The van der Waals surface area contributed by atoms with Gasteiger partial charge in [0.1, 0.15) is 21.1 Å². The van der Waals surface area contributed by atoms with Gasteiger partial charge in [0.05, 0.1) is 5.69 Å². The maximum absolute atomic E-state index is 14.2. The van der Waals surface area contributed by atoms with Gasteiger partial charge in [-0.05, 0) is 52.3 Å². The summed E-state index contributed by atoms with van der Waals surface area (Å²) >= 11 is 3.34. The standard InChI is InChI=1S/C18H16BrFN2O3S/c1-21-11-13-9-16(12-5-3-2-4-6-12)22(18(13)19)26(24,25)17-10-14(23)7-8-15(17)20/h2-10,21,23H,11H2,1H3. The Morgan fingerprint density at radius 2 is 1.85 bits per heavy atom. The number of nitrogens with one attached hydrogen (secondary N) is 1. The monoisotopic (exact) mass is 438 g/mol. The molecule has 0 unspecified atom stereocenters. The molecule has 0 bridgehead atoms. The Morgan fingerprint density at radius 3 is 2.50 bits per heavy atom. The number of halogens is 2. The highest BCUT2D eigenvalue weighted by atomic mass is 79.9. The number of hydrogen-bond acceptors (Lipinski definition) is 4. The lowest BCUT2D eigenvalue weighted by Gasteiger charge is -2.13. The van der Waals surface area contributed by atoms with Crippen molar-refractivity contribution in [2.45, 2.75) is 11.4 Å². The van der Waals surface area contributed by atoms with Crippen LogP contribution in [-0.2, 0) is 16.6 Å². The molecule has 136 valence electrons. The predicted octanol–water partition coefficient (Wildman–Crippen LogP) is 3.72. The van der Waals surface area contributed by atoms with Crippen molar-refractivity contribution in [1.29, 1.82) is 0 Å². The molecule has 0 radical (unpaired) electrons. The van der Waals surface area contributed by atoms with Gasteiger partial charge < -0.3 is 10.4 Å². The zero-order valence-electron chi connectivity index (χ0n) is 13.8. The van der Waals surface area contributed by atoms with Crippen LogP contribution in [0.25, 0.3) is 11.3 Å². The number of phenols is 1. The highest BCUT2D eigenvalue weighted by Crippen LogP contribution is 2.35. The average Bonchev–Trinajstić information content (AvgIpc) is 2.95. The van der Waals surface area contributed by atoms with Crippen molar-refractivity contribution in [3.8, 4) is 17.0 Å². The van der Waals surface area contributed by atoms with Gasteiger partial charge in [-0.25, -0.2) is 16.8 Å². The molecule has 0 saturated heterocycles. The Hall–Kier alpha value is -2.16. The summed E-state index contributed by atoms with van der Waals surface area (Å²) in [5, 5.41) is 12.6. The summed E-state index contributed by atoms with van der Waals surface area (Å²) < 4.78 is 42.0. The van der Waals surface area contributed by atoms with Crippen LogP contribution in [-0.4, -0.2) is 24.5 Å². The summed E-state index contributed by atoms with van der Waals surface area (Å²) in [6, 6.07) is 13.6. The molecule has 3 rings (SSSR count). The van der Waals surface area contributed by atoms with Crippen LogP contribution >= 0.6 is 15.9 Å². The summed E-state index contributed by atoms with van der Waals surface area (Å²) in [4.78, 5) is -0.595. The number of aromatic hydroxyl groups is 1. The summed E-state index contributed by atoms with van der Waals surface area (Å²) in [7, 11) is -2.55. The zero-order valence-corrected chi connectivity index (χ0v) is 16.2. The molecule has 8 heteroatoms. The van der Waals surface area contributed by atoms with Crippen molar-refractivity contribution < 1.29 is 17.9 Å². The molecular weight excluding hydrogens is 423 g/mol. The van der Waals surface area contributed by atoms with E-state index in [1.54, 1.807) is 37.4 Å². The van der Waals surface area contributed by atoms with E-state index in [0.29, 0.717) is 28.0 Å². The van der Waals surface area contributed by atoms with Crippen LogP contribution in [0.3, 0.4) is 0 Å². The fourth-order valence-electron chi connectivity index (χ4n) is 2.67. The normalized spacial score (nSPS) is 11.7. The maximum Gasteiger partial charge on any atom is 0.272 e. The van der Waals surface area contributed by atoms with Crippen molar-refractivity contribution >= 4 is 26.0 Å². The summed E-state index contributed by atoms with van der Waals surface area (Å²) in [5.41, 5.74) is 1.76. The van der Waals surface area contributed by atoms with Crippen molar-refractivity contribution in [3.63, 3.8) is 0 Å². The van der Waals surface area contributed by atoms with Gasteiger partial charge in [-0.1, -0.05) is 30.3 Å². The smallest absolute Gasteiger partial charge is 0.272 e. The van der Waals surface area contributed by atoms with Gasteiger partial charge in [0, 0.05) is 12.6 Å². The molecule has 26 heavy (non-hydrogen) atoms. The molecule has 0 spiro atoms. The van der Waals surface area contributed by atoms with Crippen molar-refractivity contribution in [3.05, 3.63) is 70.6 Å². The summed E-state index contributed by atoms with van der Waals surface area (Å²) in [5.74, 6) is -1.26. The number of benzene rings is 2. The lowest BCUT2D eigenvalue weighted by Crippen LogP contribution is -2.16. The Kier molecular flexibility index (Phi) is 5.17. The van der Waals surface area contributed by atoms with Gasteiger partial charge in [0.25, 0.3) is 10.0 Å². The van der Waals surface area contributed by atoms with Gasteiger partial charge in [-0.3, -0.25) is 0 Å². The minimum absolute atomic E-state index is 0.299. The van der Waals surface area contributed by atoms with Crippen LogP contribution in [0.1, 0.15) is 5.56 Å². The quantitative estimate of drug-likeness (QED) is 0.636. The molecule has 0 amide bonds. The number of nitrogens with zero attached hydrogens (tertiary/aromatic N) is 1. The number of aromatic nitrogens is 1. The third-order valence-electron chi connectivity index (χ3n) is 3.84. The van der Waals surface area contributed by atoms with Crippen LogP contribution in [0.15, 0.2) is 64.1 Å². The topological polar surface area (TPSA) is 71.3 Å². The molecule has 1 heterocycles. The van der Waals surface area contributed by atoms with Crippen molar-refractivity contribution in [2.24, 2.45) is 0 Å². The predicted molar refractivity (Wildman–Crippen MR) is 101 cm³/mol. The zero-order chi connectivity index (χ0) is 18.9. The molecule has 0 aliphatic rings. The Labute approximate surface area is 159 Å². The van der Waals surface area contributed by atoms with Crippen molar-refractivity contribution in [1.82, 2.24) is 9.29 Å². The molecule has 0 saturated carbocycles. The Morgan fingerprint density at radius 1 is 1.15 bits per heavy atom. The Bertz CT molecular complexity index is 1050. The van der Waals surface area contributed by atoms with Gasteiger partial charge in [-0.2, -0.15) is 0 Å². The molecule has 0 aliphatic carbocycles. The van der Waals surface area contributed by atoms with E-state index in [0.717, 1.165) is 22.2 Å². The second-order valence-corrected chi connectivity index (χ2v) is 8.13. The number of phenolic OH excluding ortho intramolecular Hbond substituents is 1. The highest BCUT2D eigenvalue weighted by Gasteiger charge is 2.28. The lowest BCUT2D eigenvalue weighted by atomic mass is 10.1. The average molecular weight is 439 g/mol. The molecular formula is C18H16BrFN2O3S. The van der Waals surface area contributed by atoms with Gasteiger partial charge in [-0.15, -0.1) is 0 Å². The molecule has 3 aromatic rings. The number of rotatable bonds is 5. The fourth-order valence-corrected chi connectivity index (χ4v) is 5.21. The first-order valence-electron chi connectivity index (χ1n) is 7.70. The molecule has 1 aromatic heterocycles. The van der Waals surface area contributed by atoms with E-state index in [-0.39, 0.29) is 5.75 Å². The lowest BCUT2D eigenvalue weighted by molar-refractivity contribution is 0.468. The summed E-state index contributed by atoms with van der Waals surface area (Å²) in [6.45, 7) is 0.422. The van der Waals surface area contributed by atoms with E-state index in [2.05, 4.69) is 21.2 Å². The van der Waals surface area contributed by atoms with Gasteiger partial charge in [0.2, 0.25) is 0 Å². The second kappa shape index (κ2) is 7.22. The second-order valence-electron chi connectivity index (χ2n) is 5.63. The maximum atomic E-state index is 14.2. The van der Waals surface area contributed by atoms with E-state index >= 15 is 0 Å². The van der Waals surface area contributed by atoms with E-state index in [4.69, 9.17) is 0 Å². The molecule has 5 nitrogen and oxygen atoms in total. The molecule has 2 aromatic carbocycles. The van der Waals surface area contributed by atoms with Crippen LogP contribution in [0.4, 0.5) is 4.39 Å². The van der Waals surface area contributed by atoms with Gasteiger partial charge in [0.15, 0.2) is 0 Å². The third-order valence-corrected chi connectivity index (χ3v) is 6.67. The molecule has 0 fully saturated rings. The largest absolute Gasteiger partial charge is 0.508 e. The van der Waals surface area contributed by atoms with Gasteiger partial charge >= 0.3 is 0 Å². The highest BCUT2D eigenvalue weighted by molar-refractivity contribution is 9.10.